The highest BCUT2D eigenvalue weighted by Crippen LogP contribution is 2.48. The number of methoxy groups -OCH3 is 1. The number of rotatable bonds is 5. The van der Waals surface area contributed by atoms with E-state index >= 15 is 0 Å². The highest BCUT2D eigenvalue weighted by atomic mass is 32.2. The van der Waals surface area contributed by atoms with E-state index in [1.807, 2.05) is 24.3 Å². The lowest BCUT2D eigenvalue weighted by Gasteiger charge is -2.11. The van der Waals surface area contributed by atoms with E-state index in [9.17, 15) is 9.90 Å². The van der Waals surface area contributed by atoms with Gasteiger partial charge < -0.3 is 24.7 Å². The molecule has 0 atom stereocenters. The second-order valence-electron chi connectivity index (χ2n) is 6.12. The predicted octanol–water partition coefficient (Wildman–Crippen LogP) is 4.61. The summed E-state index contributed by atoms with van der Waals surface area (Å²) in [4.78, 5) is 18.1. The van der Waals surface area contributed by atoms with Crippen LogP contribution in [0.3, 0.4) is 0 Å². The number of anilines is 1. The number of hydrogen-bond acceptors (Lipinski definition) is 8. The third-order valence-electron chi connectivity index (χ3n) is 4.41. The number of esters is 1. The number of phenolic OH excluding ortho intramolecular Hbond substituents is 1. The Morgan fingerprint density at radius 3 is 2.72 bits per heavy atom. The van der Waals surface area contributed by atoms with E-state index < -0.39 is 5.97 Å². The molecule has 0 aliphatic heterocycles. The van der Waals surface area contributed by atoms with Gasteiger partial charge in [-0.3, -0.25) is 4.98 Å². The summed E-state index contributed by atoms with van der Waals surface area (Å²) >= 11 is 1.27. The lowest BCUT2D eigenvalue weighted by molar-refractivity contribution is 0.0529. The maximum Gasteiger partial charge on any atom is 0.344 e. The average molecular weight is 410 g/mol. The van der Waals surface area contributed by atoms with Crippen LogP contribution in [0, 0.1) is 0 Å². The van der Waals surface area contributed by atoms with Gasteiger partial charge in [0.15, 0.2) is 5.75 Å². The molecule has 7 nitrogen and oxygen atoms in total. The number of aromatic nitrogens is 1. The van der Waals surface area contributed by atoms with Gasteiger partial charge in [0, 0.05) is 16.5 Å². The maximum atomic E-state index is 12.6. The van der Waals surface area contributed by atoms with Crippen LogP contribution < -0.4 is 10.5 Å². The van der Waals surface area contributed by atoms with E-state index in [4.69, 9.17) is 19.6 Å². The third kappa shape index (κ3) is 3.21. The summed E-state index contributed by atoms with van der Waals surface area (Å²) < 4.78 is 16.1. The summed E-state index contributed by atoms with van der Waals surface area (Å²) in [6.07, 6.45) is 1.58. The fraction of sp³-hybridized carbons (Fsp3) is 0.143. The summed E-state index contributed by atoms with van der Waals surface area (Å²) in [6, 6.07) is 10.8. The van der Waals surface area contributed by atoms with Gasteiger partial charge in [-0.05, 0) is 43.3 Å². The first-order valence-electron chi connectivity index (χ1n) is 8.85. The van der Waals surface area contributed by atoms with Crippen molar-refractivity contribution in [3.05, 3.63) is 48.2 Å². The van der Waals surface area contributed by atoms with E-state index in [0.717, 1.165) is 4.90 Å². The molecule has 0 radical (unpaired) electrons. The summed E-state index contributed by atoms with van der Waals surface area (Å²) in [5.41, 5.74) is 6.87. The molecule has 0 unspecified atom stereocenters. The molecular formula is C21H18N2O5S. The van der Waals surface area contributed by atoms with Crippen molar-refractivity contribution in [3.63, 3.8) is 0 Å². The van der Waals surface area contributed by atoms with Crippen LogP contribution in [-0.4, -0.2) is 29.8 Å². The fourth-order valence-corrected chi connectivity index (χ4v) is 4.12. The van der Waals surface area contributed by atoms with Crippen LogP contribution in [-0.2, 0) is 4.74 Å². The number of carbonyl (C=O) groups excluding carboxylic acids is 1. The molecule has 0 saturated carbocycles. The Morgan fingerprint density at radius 2 is 2.03 bits per heavy atom. The molecule has 0 bridgehead atoms. The minimum absolute atomic E-state index is 0.0553. The second kappa shape index (κ2) is 7.56. The standard InChI is InChI=1S/C21H18N2O5S/c1-3-27-21(25)15-14-18(28-20(15)22)13-5-4-10-23-16(13)17(24)19(14)29-12-8-6-11(26-2)7-9-12/h4-10,24H,3,22H2,1-2H3. The number of nitrogens with zero attached hydrogens (tertiary/aromatic N) is 1. The molecule has 4 rings (SSSR count). The molecule has 148 valence electrons. The van der Waals surface area contributed by atoms with Crippen molar-refractivity contribution < 1.29 is 23.8 Å². The zero-order valence-electron chi connectivity index (χ0n) is 15.8. The van der Waals surface area contributed by atoms with Crippen molar-refractivity contribution in [3.8, 4) is 11.5 Å². The molecule has 2 aromatic carbocycles. The Hall–Kier alpha value is -3.39. The van der Waals surface area contributed by atoms with Crippen molar-refractivity contribution in [1.82, 2.24) is 4.98 Å². The van der Waals surface area contributed by atoms with Gasteiger partial charge in [-0.2, -0.15) is 0 Å². The molecule has 0 saturated heterocycles. The summed E-state index contributed by atoms with van der Waals surface area (Å²) in [6.45, 7) is 1.90. The Labute approximate surface area is 170 Å². The molecular weight excluding hydrogens is 392 g/mol. The summed E-state index contributed by atoms with van der Waals surface area (Å²) in [7, 11) is 1.59. The van der Waals surface area contributed by atoms with E-state index in [0.29, 0.717) is 32.5 Å². The minimum atomic E-state index is -0.608. The highest BCUT2D eigenvalue weighted by molar-refractivity contribution is 7.99. The van der Waals surface area contributed by atoms with Gasteiger partial charge in [-0.1, -0.05) is 11.8 Å². The van der Waals surface area contributed by atoms with Crippen molar-refractivity contribution in [1.29, 1.82) is 0 Å². The Morgan fingerprint density at radius 1 is 1.28 bits per heavy atom. The van der Waals surface area contributed by atoms with Gasteiger partial charge >= 0.3 is 5.97 Å². The first-order valence-corrected chi connectivity index (χ1v) is 9.67. The lowest BCUT2D eigenvalue weighted by atomic mass is 10.1. The molecule has 2 aromatic heterocycles. The summed E-state index contributed by atoms with van der Waals surface area (Å²) in [5, 5.41) is 12.0. The molecule has 0 fully saturated rings. The lowest BCUT2D eigenvalue weighted by Crippen LogP contribution is -2.06. The van der Waals surface area contributed by atoms with Crippen molar-refractivity contribution in [2.24, 2.45) is 0 Å². The Kier molecular flexibility index (Phi) is 4.94. The number of ether oxygens (including phenoxy) is 2. The van der Waals surface area contributed by atoms with Crippen LogP contribution in [0.4, 0.5) is 5.88 Å². The highest BCUT2D eigenvalue weighted by Gasteiger charge is 2.28. The number of benzene rings is 2. The maximum absolute atomic E-state index is 12.6. The number of carbonyl (C=O) groups is 1. The monoisotopic (exact) mass is 410 g/mol. The molecule has 0 aliphatic rings. The van der Waals surface area contributed by atoms with Gasteiger partial charge in [0.1, 0.15) is 22.4 Å². The summed E-state index contributed by atoms with van der Waals surface area (Å²) in [5.74, 6) is -0.0160. The molecule has 3 N–H and O–H groups in total. The third-order valence-corrected chi connectivity index (χ3v) is 5.52. The first kappa shape index (κ1) is 18.9. The van der Waals surface area contributed by atoms with Crippen LogP contribution in [0.5, 0.6) is 11.5 Å². The SMILES string of the molecule is CCOC(=O)c1c(N)oc2c1c(Sc1ccc(OC)cc1)c(O)c1ncccc12. The molecule has 8 heteroatoms. The van der Waals surface area contributed by atoms with Gasteiger partial charge in [-0.25, -0.2) is 4.79 Å². The number of nitrogens with two attached hydrogens (primary N) is 1. The van der Waals surface area contributed by atoms with Crippen molar-refractivity contribution in [2.75, 3.05) is 19.5 Å². The largest absolute Gasteiger partial charge is 0.505 e. The van der Waals surface area contributed by atoms with Crippen LogP contribution in [0.25, 0.3) is 21.9 Å². The van der Waals surface area contributed by atoms with E-state index in [-0.39, 0.29) is 23.8 Å². The Bertz CT molecular complexity index is 1220. The van der Waals surface area contributed by atoms with Gasteiger partial charge in [0.05, 0.1) is 24.0 Å². The van der Waals surface area contributed by atoms with Crippen LogP contribution in [0.1, 0.15) is 17.3 Å². The van der Waals surface area contributed by atoms with Crippen LogP contribution in [0.2, 0.25) is 0 Å². The molecule has 0 spiro atoms. The van der Waals surface area contributed by atoms with E-state index in [1.165, 1.54) is 11.8 Å². The number of nitrogen functional groups attached to an aromatic ring is 1. The van der Waals surface area contributed by atoms with Crippen molar-refractivity contribution in [2.45, 2.75) is 16.7 Å². The number of phenols is 1. The number of pyridine rings is 1. The van der Waals surface area contributed by atoms with Crippen LogP contribution >= 0.6 is 11.8 Å². The molecule has 0 amide bonds. The normalized spacial score (nSPS) is 11.1. The first-order chi connectivity index (χ1) is 14.0. The number of hydrogen-bond donors (Lipinski definition) is 2. The van der Waals surface area contributed by atoms with Crippen molar-refractivity contribution >= 4 is 45.5 Å². The Balaban J connectivity index is 2.01. The average Bonchev–Trinajstić information content (AvgIpc) is 3.09. The number of fused-ring (bicyclic) bond motifs is 3. The number of aromatic hydroxyl groups is 1. The smallest absolute Gasteiger partial charge is 0.344 e. The van der Waals surface area contributed by atoms with Crippen LogP contribution in [0.15, 0.2) is 56.8 Å². The van der Waals surface area contributed by atoms with Gasteiger partial charge in [-0.15, -0.1) is 0 Å². The second-order valence-corrected chi connectivity index (χ2v) is 7.20. The van der Waals surface area contributed by atoms with Gasteiger partial charge in [0.2, 0.25) is 5.88 Å². The number of furan rings is 1. The molecule has 4 aromatic rings. The van der Waals surface area contributed by atoms with E-state index in [2.05, 4.69) is 4.98 Å². The minimum Gasteiger partial charge on any atom is -0.505 e. The topological polar surface area (TPSA) is 108 Å². The van der Waals surface area contributed by atoms with E-state index in [1.54, 1.807) is 32.4 Å². The molecule has 0 aliphatic carbocycles. The quantitative estimate of drug-likeness (QED) is 0.460. The molecule has 29 heavy (non-hydrogen) atoms. The molecule has 2 heterocycles. The zero-order chi connectivity index (χ0) is 20.5. The van der Waals surface area contributed by atoms with Gasteiger partial charge in [0.25, 0.3) is 0 Å². The zero-order valence-corrected chi connectivity index (χ0v) is 16.6. The fourth-order valence-electron chi connectivity index (χ4n) is 3.13. The predicted molar refractivity (Wildman–Crippen MR) is 111 cm³/mol.